The number of hydrogen-bond acceptors (Lipinski definition) is 3. The maximum Gasteiger partial charge on any atom is 0.132 e. The van der Waals surface area contributed by atoms with Crippen LogP contribution in [0.5, 0.6) is 0 Å². The Labute approximate surface area is 93.3 Å². The first kappa shape index (κ1) is 14.0. The normalized spacial score (nSPS) is 12.9. The summed E-state index contributed by atoms with van der Waals surface area (Å²) in [6.45, 7) is 7.65. The molecule has 0 aromatic rings. The van der Waals surface area contributed by atoms with Crippen LogP contribution in [0.2, 0.25) is 0 Å². The molecule has 0 aliphatic carbocycles. The molecule has 0 spiro atoms. The highest BCUT2D eigenvalue weighted by Crippen LogP contribution is 2.04. The van der Waals surface area contributed by atoms with Gasteiger partial charge in [0.1, 0.15) is 12.3 Å². The van der Waals surface area contributed by atoms with Gasteiger partial charge < -0.3 is 10.2 Å². The van der Waals surface area contributed by atoms with Gasteiger partial charge in [-0.05, 0) is 39.3 Å². The zero-order chi connectivity index (χ0) is 11.5. The molecule has 1 atom stereocenters. The number of nitrogens with zero attached hydrogens (tertiary/aromatic N) is 1. The van der Waals surface area contributed by atoms with Gasteiger partial charge in [0.25, 0.3) is 0 Å². The van der Waals surface area contributed by atoms with Crippen LogP contribution in [0.15, 0.2) is 5.16 Å². The molecule has 1 unspecified atom stereocenters. The molecule has 0 rings (SSSR count). The van der Waals surface area contributed by atoms with E-state index >= 15 is 0 Å². The topological polar surface area (TPSA) is 33.6 Å². The van der Waals surface area contributed by atoms with Gasteiger partial charge in [0.05, 0.1) is 0 Å². The van der Waals surface area contributed by atoms with Crippen LogP contribution in [0, 0.1) is 17.8 Å². The number of rotatable bonds is 7. The predicted molar refractivity (Wildman–Crippen MR) is 64.8 cm³/mol. The molecular weight excluding hydrogens is 188 g/mol. The van der Waals surface area contributed by atoms with E-state index in [2.05, 4.69) is 36.2 Å². The summed E-state index contributed by atoms with van der Waals surface area (Å²) in [4.78, 5) is 5.22. The molecular formula is C12H22N2O. The maximum absolute atomic E-state index is 5.22. The van der Waals surface area contributed by atoms with Crippen LogP contribution >= 0.6 is 0 Å². The predicted octanol–water partition coefficient (Wildman–Crippen LogP) is 2.04. The minimum Gasteiger partial charge on any atom is -0.395 e. The van der Waals surface area contributed by atoms with Crippen molar-refractivity contribution < 1.29 is 4.84 Å². The molecule has 0 saturated carbocycles. The quantitative estimate of drug-likeness (QED) is 0.302. The fourth-order valence-electron chi connectivity index (χ4n) is 0.986. The summed E-state index contributed by atoms with van der Waals surface area (Å²) in [5.41, 5.74) is 0.851. The third-order valence-corrected chi connectivity index (χ3v) is 2.16. The fourth-order valence-corrected chi connectivity index (χ4v) is 0.986. The molecule has 0 aromatic heterocycles. The van der Waals surface area contributed by atoms with Gasteiger partial charge >= 0.3 is 0 Å². The van der Waals surface area contributed by atoms with Crippen molar-refractivity contribution in [1.82, 2.24) is 5.32 Å². The minimum atomic E-state index is 0.377. The third-order valence-electron chi connectivity index (χ3n) is 2.16. The molecule has 0 aliphatic heterocycles. The van der Waals surface area contributed by atoms with E-state index in [1.807, 2.05) is 14.0 Å². The molecule has 0 bridgehead atoms. The molecule has 3 nitrogen and oxygen atoms in total. The lowest BCUT2D eigenvalue weighted by atomic mass is 10.0. The maximum atomic E-state index is 5.22. The van der Waals surface area contributed by atoms with Crippen LogP contribution < -0.4 is 5.32 Å². The van der Waals surface area contributed by atoms with Crippen molar-refractivity contribution in [3.8, 4) is 11.8 Å². The zero-order valence-corrected chi connectivity index (χ0v) is 10.3. The Morgan fingerprint density at radius 3 is 2.80 bits per heavy atom. The minimum absolute atomic E-state index is 0.377. The van der Waals surface area contributed by atoms with Crippen molar-refractivity contribution in [2.75, 3.05) is 20.2 Å². The molecule has 0 saturated heterocycles. The second-order valence-electron chi connectivity index (χ2n) is 3.45. The first-order valence-electron chi connectivity index (χ1n) is 5.53. The second kappa shape index (κ2) is 9.54. The molecule has 86 valence electrons. The van der Waals surface area contributed by atoms with E-state index in [-0.39, 0.29) is 0 Å². The highest BCUT2D eigenvalue weighted by atomic mass is 16.6. The first-order valence-corrected chi connectivity index (χ1v) is 5.53. The highest BCUT2D eigenvalue weighted by molar-refractivity contribution is 6.01. The molecule has 0 amide bonds. The van der Waals surface area contributed by atoms with E-state index in [0.717, 1.165) is 25.1 Å². The Hall–Kier alpha value is -1.01. The Morgan fingerprint density at radius 2 is 2.27 bits per heavy atom. The van der Waals surface area contributed by atoms with Gasteiger partial charge in [-0.25, -0.2) is 0 Å². The standard InChI is InChI=1S/C12H22N2O/c1-5-8-12(11(3)6-2)14-15-10-7-9-13-4/h11,13H,6-7,9-10H2,1-4H3/b14-12+. The van der Waals surface area contributed by atoms with Crippen molar-refractivity contribution in [2.24, 2.45) is 11.1 Å². The summed E-state index contributed by atoms with van der Waals surface area (Å²) < 4.78 is 0. The molecule has 1 N–H and O–H groups in total. The van der Waals surface area contributed by atoms with E-state index in [4.69, 9.17) is 4.84 Å². The smallest absolute Gasteiger partial charge is 0.132 e. The molecule has 3 heteroatoms. The summed E-state index contributed by atoms with van der Waals surface area (Å²) in [5.74, 6) is 6.22. The van der Waals surface area contributed by atoms with Crippen LogP contribution in [0.3, 0.4) is 0 Å². The lowest BCUT2D eigenvalue weighted by molar-refractivity contribution is 0.141. The van der Waals surface area contributed by atoms with Gasteiger partial charge in [-0.1, -0.05) is 24.9 Å². The van der Waals surface area contributed by atoms with Crippen LogP contribution in [0.25, 0.3) is 0 Å². The lowest BCUT2D eigenvalue weighted by Gasteiger charge is -2.06. The van der Waals surface area contributed by atoms with E-state index in [9.17, 15) is 0 Å². The van der Waals surface area contributed by atoms with Gasteiger partial charge in [0.2, 0.25) is 0 Å². The van der Waals surface area contributed by atoms with E-state index < -0.39 is 0 Å². The van der Waals surface area contributed by atoms with E-state index in [1.165, 1.54) is 0 Å². The number of nitrogens with one attached hydrogen (secondary N) is 1. The van der Waals surface area contributed by atoms with Crippen LogP contribution in [-0.4, -0.2) is 25.9 Å². The molecule has 0 aromatic carbocycles. The monoisotopic (exact) mass is 210 g/mol. The molecule has 0 fully saturated rings. The van der Waals surface area contributed by atoms with Crippen molar-refractivity contribution in [1.29, 1.82) is 0 Å². The van der Waals surface area contributed by atoms with Crippen molar-refractivity contribution in [3.05, 3.63) is 0 Å². The van der Waals surface area contributed by atoms with Crippen molar-refractivity contribution in [2.45, 2.75) is 33.6 Å². The average Bonchev–Trinajstić information content (AvgIpc) is 2.26. The van der Waals surface area contributed by atoms with E-state index in [0.29, 0.717) is 12.5 Å². The van der Waals surface area contributed by atoms with Gasteiger partial charge in [-0.2, -0.15) is 0 Å². The molecule has 0 heterocycles. The summed E-state index contributed by atoms with van der Waals surface area (Å²) in [6.07, 6.45) is 2.00. The van der Waals surface area contributed by atoms with Crippen LogP contribution in [0.4, 0.5) is 0 Å². The first-order chi connectivity index (χ1) is 7.26. The van der Waals surface area contributed by atoms with E-state index in [1.54, 1.807) is 0 Å². The summed E-state index contributed by atoms with van der Waals surface area (Å²) >= 11 is 0. The summed E-state index contributed by atoms with van der Waals surface area (Å²) in [6, 6.07) is 0. The number of hydrogen-bond donors (Lipinski definition) is 1. The second-order valence-corrected chi connectivity index (χ2v) is 3.45. The summed E-state index contributed by atoms with van der Waals surface area (Å²) in [7, 11) is 1.93. The van der Waals surface area contributed by atoms with Gasteiger partial charge in [0.15, 0.2) is 0 Å². The van der Waals surface area contributed by atoms with Crippen molar-refractivity contribution in [3.63, 3.8) is 0 Å². The SMILES string of the molecule is CC#C/C(=N\OCCCNC)C(C)CC. The Morgan fingerprint density at radius 1 is 1.53 bits per heavy atom. The van der Waals surface area contributed by atoms with Crippen LogP contribution in [0.1, 0.15) is 33.6 Å². The Bertz CT molecular complexity index is 238. The number of oxime groups is 1. The van der Waals surface area contributed by atoms with Gasteiger partial charge in [-0.3, -0.25) is 0 Å². The van der Waals surface area contributed by atoms with Crippen LogP contribution in [-0.2, 0) is 4.84 Å². The largest absolute Gasteiger partial charge is 0.395 e. The lowest BCUT2D eigenvalue weighted by Crippen LogP contribution is -2.11. The van der Waals surface area contributed by atoms with Gasteiger partial charge in [-0.15, -0.1) is 0 Å². The molecule has 0 aliphatic rings. The molecule has 0 radical (unpaired) electrons. The summed E-state index contributed by atoms with van der Waals surface area (Å²) in [5, 5.41) is 7.13. The van der Waals surface area contributed by atoms with Crippen molar-refractivity contribution >= 4 is 5.71 Å². The average molecular weight is 210 g/mol. The highest BCUT2D eigenvalue weighted by Gasteiger charge is 2.05. The fraction of sp³-hybridized carbons (Fsp3) is 0.750. The third kappa shape index (κ3) is 6.98. The Kier molecular flexibility index (Phi) is 8.90. The van der Waals surface area contributed by atoms with Gasteiger partial charge in [0, 0.05) is 5.92 Å². The zero-order valence-electron chi connectivity index (χ0n) is 10.3. The molecule has 15 heavy (non-hydrogen) atoms. The Balaban J connectivity index is 3.99.